The minimum absolute atomic E-state index is 0.0328. The van der Waals surface area contributed by atoms with Crippen molar-refractivity contribution in [2.75, 3.05) is 0 Å². The summed E-state index contributed by atoms with van der Waals surface area (Å²) >= 11 is 0. The van der Waals surface area contributed by atoms with Gasteiger partial charge in [0.2, 0.25) is 32.6 Å². The molecule has 510 valence electrons. The second-order valence-electron chi connectivity index (χ2n) is 20.0. The van der Waals surface area contributed by atoms with Crippen LogP contribution in [-0.2, 0) is 0 Å². The number of nitro benzene ring substituents is 6. The Bertz CT molecular complexity index is 6230. The number of para-hydroxylation sites is 2. The van der Waals surface area contributed by atoms with Crippen molar-refractivity contribution in [2.24, 2.45) is 0 Å². The van der Waals surface area contributed by atoms with Gasteiger partial charge in [0.25, 0.3) is 83.0 Å². The summed E-state index contributed by atoms with van der Waals surface area (Å²) in [5.74, 6) is -4.85. The smallest absolute Gasteiger partial charge is 0.277 e. The average molecular weight is 1400 g/mol. The highest BCUT2D eigenvalue weighted by Crippen LogP contribution is 2.34. The molecule has 0 radical (unpaired) electrons. The van der Waals surface area contributed by atoms with Crippen LogP contribution in [0.1, 0.15) is 0 Å². The maximum atomic E-state index is 11.5. The highest BCUT2D eigenvalue weighted by Gasteiger charge is 2.30. The zero-order chi connectivity index (χ0) is 76.0. The Kier molecular flexibility index (Phi) is 21.1. The van der Waals surface area contributed by atoms with Crippen LogP contribution in [0.4, 0.5) is 34.1 Å². The highest BCUT2D eigenvalue weighted by molar-refractivity contribution is 5.81. The third-order valence-corrected chi connectivity index (χ3v) is 14.1. The number of hydrogen-bond donors (Lipinski definition) is 6. The van der Waals surface area contributed by atoms with Crippen LogP contribution in [0.25, 0.3) is 66.8 Å². The van der Waals surface area contributed by atoms with Gasteiger partial charge in [-0.3, -0.25) is 133 Å². The lowest BCUT2D eigenvalue weighted by Crippen LogP contribution is -2.32. The predicted molar refractivity (Wildman–Crippen MR) is 349 cm³/mol. The molecule has 0 fully saturated rings. The Morgan fingerprint density at radius 1 is 0.206 bits per heavy atom. The first kappa shape index (κ1) is 73.4. The maximum Gasteiger partial charge on any atom is 0.277 e. The molecule has 0 heterocycles. The molecule has 12 rings (SSSR count). The van der Waals surface area contributed by atoms with E-state index in [0.29, 0.717) is 5.56 Å². The molecule has 12 aromatic rings. The summed E-state index contributed by atoms with van der Waals surface area (Å²) < 4.78 is 0. The van der Waals surface area contributed by atoms with Crippen LogP contribution in [0.3, 0.4) is 0 Å². The third kappa shape index (κ3) is 14.2. The average Bonchev–Trinajstić information content (AvgIpc) is 1.30. The maximum absolute atomic E-state index is 11.5. The van der Waals surface area contributed by atoms with Crippen molar-refractivity contribution in [3.8, 4) is 101 Å². The molecule has 0 saturated carbocycles. The molecule has 39 heteroatoms. The van der Waals surface area contributed by atoms with E-state index in [-0.39, 0.29) is 72.9 Å². The molecule has 12 aromatic carbocycles. The van der Waals surface area contributed by atoms with E-state index >= 15 is 0 Å². The van der Waals surface area contributed by atoms with E-state index in [2.05, 4.69) is 0 Å². The zero-order valence-corrected chi connectivity index (χ0v) is 49.7. The van der Waals surface area contributed by atoms with Crippen molar-refractivity contribution >= 4 is 34.1 Å². The van der Waals surface area contributed by atoms with Crippen LogP contribution in [0.15, 0.2) is 218 Å². The van der Waals surface area contributed by atoms with Gasteiger partial charge in [-0.15, -0.1) is 0 Å². The fourth-order valence-electron chi connectivity index (χ4n) is 9.08. The van der Waals surface area contributed by atoms with Gasteiger partial charge >= 0.3 is 0 Å². The van der Waals surface area contributed by atoms with Crippen LogP contribution in [0.2, 0.25) is 0 Å². The monoisotopic (exact) mass is 1400 g/mol. The van der Waals surface area contributed by atoms with E-state index in [0.717, 1.165) is 30.3 Å². The fourth-order valence-corrected chi connectivity index (χ4v) is 9.08. The van der Waals surface area contributed by atoms with Crippen molar-refractivity contribution in [3.63, 3.8) is 0 Å². The summed E-state index contributed by atoms with van der Waals surface area (Å²) in [5.41, 5.74) is -20.2. The van der Waals surface area contributed by atoms with E-state index in [9.17, 15) is 153 Å². The molecule has 0 saturated heterocycles. The van der Waals surface area contributed by atoms with Gasteiger partial charge in [-0.2, -0.15) is 0 Å². The number of nitrogens with zero attached hydrogens (tertiary/aromatic N) is 6. The van der Waals surface area contributed by atoms with E-state index in [1.54, 1.807) is 0 Å². The summed E-state index contributed by atoms with van der Waals surface area (Å²) in [6.07, 6.45) is 0. The number of hydrogen-bond acceptors (Lipinski definition) is 33. The molecule has 0 bridgehead atoms. The SMILES string of the molecule is O=c1c(O)c(-c2ccc([N+](=O)[O-])cc2)c(=O)c1=O.O=c1c(O)c(-c2ccc([N+](=O)[O-])cc2)c1=O.O=c1c(O)c(-c2cccc([N+](=O)[O-])c2)c(=O)c1=O.O=c1c(O)c(-c2cccc([N+](=O)[O-])c2)c1=O.O=c1c(O)c(-c2ccccc2[N+](=O)[O-])c(=O)c1=O.O=c1c(O)c(-c2ccccc2[N+](=O)[O-])c1=O. The minimum Gasteiger partial charge on any atom is -0.503 e. The van der Waals surface area contributed by atoms with Crippen molar-refractivity contribution in [3.05, 3.63) is 360 Å². The van der Waals surface area contributed by atoms with Gasteiger partial charge < -0.3 is 30.6 Å². The number of non-ortho nitro benzene ring substituents is 4. The van der Waals surface area contributed by atoms with Crippen molar-refractivity contribution in [2.45, 2.75) is 0 Å². The number of rotatable bonds is 12. The highest BCUT2D eigenvalue weighted by atomic mass is 16.6. The molecule has 39 nitrogen and oxygen atoms in total. The van der Waals surface area contributed by atoms with Crippen LogP contribution in [-0.4, -0.2) is 60.2 Å². The lowest BCUT2D eigenvalue weighted by Gasteiger charge is -2.05. The lowest BCUT2D eigenvalue weighted by molar-refractivity contribution is -0.385. The summed E-state index contributed by atoms with van der Waals surface area (Å²) in [6, 6.07) is 30.1. The van der Waals surface area contributed by atoms with Crippen LogP contribution < -0.4 is 81.4 Å². The Morgan fingerprint density at radius 3 is 0.667 bits per heavy atom. The normalized spacial score (nSPS) is 10.5. The van der Waals surface area contributed by atoms with E-state index in [1.807, 2.05) is 0 Å². The Hall–Kier alpha value is -16.0. The Balaban J connectivity index is 0.000000172. The van der Waals surface area contributed by atoms with E-state index in [1.165, 1.54) is 115 Å². The summed E-state index contributed by atoms with van der Waals surface area (Å²) in [5, 5.41) is 119. The van der Waals surface area contributed by atoms with Gasteiger partial charge in [0.15, 0.2) is 34.5 Å². The number of benzene rings is 6. The standard InChI is InChI=1S/3C11H5NO6.3C10H5NO5/c13-8-7(9(14)11(16)10(8)15)5-1-3-6(4-2-5)12(17)18;13-8-7(9(14)11(16)10(8)15)5-2-1-3-6(4-5)12(17)18;13-8-7(9(14)11(16)10(8)15)5-3-1-2-4-6(5)12(17)18;12-8-7(9(13)10(8)14)5-1-3-6(4-2-5)11(15)16;12-8-7(9(13)10(8)14)5-2-1-3-6(4-5)11(15)16;12-8-7(9(13)10(8)14)5-3-1-2-4-6(5)11(15)16/h3*1-4,13H;3*1-4,12H. The van der Waals surface area contributed by atoms with Gasteiger partial charge in [-0.1, -0.05) is 48.5 Å². The van der Waals surface area contributed by atoms with Crippen LogP contribution >= 0.6 is 0 Å². The molecule has 6 N–H and O–H groups in total. The molecule has 0 aliphatic heterocycles. The van der Waals surface area contributed by atoms with Gasteiger partial charge in [0.05, 0.1) is 74.0 Å². The summed E-state index contributed by atoms with van der Waals surface area (Å²) in [6.45, 7) is 0. The number of nitro groups is 6. The molecule has 0 aromatic heterocycles. The Labute approximate surface area is 553 Å². The van der Waals surface area contributed by atoms with Crippen LogP contribution in [0.5, 0.6) is 34.5 Å². The van der Waals surface area contributed by atoms with Crippen molar-refractivity contribution < 1.29 is 60.2 Å². The molecule has 0 amide bonds. The van der Waals surface area contributed by atoms with Crippen molar-refractivity contribution in [1.82, 2.24) is 0 Å². The quantitative estimate of drug-likeness (QED) is 0.0573. The summed E-state index contributed by atoms with van der Waals surface area (Å²) in [4.78, 5) is 226. The third-order valence-electron chi connectivity index (χ3n) is 14.1. The zero-order valence-electron chi connectivity index (χ0n) is 49.7. The molecule has 0 aliphatic rings. The Morgan fingerprint density at radius 2 is 0.431 bits per heavy atom. The minimum atomic E-state index is -1.39. The predicted octanol–water partition coefficient (Wildman–Crippen LogP) is 1.46. The molecule has 0 aliphatic carbocycles. The van der Waals surface area contributed by atoms with Crippen LogP contribution in [0, 0.1) is 60.7 Å². The molecule has 0 unspecified atom stereocenters. The first-order chi connectivity index (χ1) is 47.9. The topological polar surface area (TPSA) is 636 Å². The van der Waals surface area contributed by atoms with Crippen molar-refractivity contribution in [1.29, 1.82) is 0 Å². The molecule has 102 heavy (non-hydrogen) atoms. The number of aromatic hydroxyl groups is 6. The molecular weight excluding hydrogens is 1370 g/mol. The molecule has 0 atom stereocenters. The first-order valence-corrected chi connectivity index (χ1v) is 27.1. The molecular formula is C63H30N6O33. The van der Waals surface area contributed by atoms with Gasteiger partial charge in [-0.25, -0.2) is 0 Å². The summed E-state index contributed by atoms with van der Waals surface area (Å²) in [7, 11) is 0. The van der Waals surface area contributed by atoms with Gasteiger partial charge in [-0.05, 0) is 58.7 Å². The second kappa shape index (κ2) is 29.3. The first-order valence-electron chi connectivity index (χ1n) is 27.1. The van der Waals surface area contributed by atoms with E-state index in [4.69, 9.17) is 10.2 Å². The fraction of sp³-hybridized carbons (Fsp3) is 0. The van der Waals surface area contributed by atoms with E-state index < -0.39 is 168 Å². The van der Waals surface area contributed by atoms with Gasteiger partial charge in [0.1, 0.15) is 0 Å². The second-order valence-corrected chi connectivity index (χ2v) is 20.0. The lowest BCUT2D eigenvalue weighted by atomic mass is 9.98. The molecule has 0 spiro atoms. The van der Waals surface area contributed by atoms with Gasteiger partial charge in [0, 0.05) is 60.7 Å². The largest absolute Gasteiger partial charge is 0.503 e.